The molecule has 2 aromatic heterocycles. The van der Waals surface area contributed by atoms with Gasteiger partial charge in [-0.15, -0.1) is 5.10 Å². The van der Waals surface area contributed by atoms with Gasteiger partial charge in [-0.1, -0.05) is 16.8 Å². The van der Waals surface area contributed by atoms with E-state index in [4.69, 9.17) is 11.6 Å². The van der Waals surface area contributed by atoms with Crippen LogP contribution in [0.1, 0.15) is 12.6 Å². The van der Waals surface area contributed by atoms with Gasteiger partial charge in [0.05, 0.1) is 16.9 Å². The maximum atomic E-state index is 11.3. The highest BCUT2D eigenvalue weighted by Crippen LogP contribution is 2.11. The monoisotopic (exact) mass is 320 g/mol. The molecule has 0 aromatic carbocycles. The summed E-state index contributed by atoms with van der Waals surface area (Å²) >= 11 is 5.82. The van der Waals surface area contributed by atoms with Crippen molar-refractivity contribution < 1.29 is 4.79 Å². The lowest BCUT2D eigenvalue weighted by atomic mass is 10.3. The van der Waals surface area contributed by atoms with Gasteiger partial charge in [-0.3, -0.25) is 9.69 Å². The van der Waals surface area contributed by atoms with Crippen LogP contribution in [0.15, 0.2) is 24.5 Å². The molecule has 1 saturated heterocycles. The molecule has 0 radical (unpaired) electrons. The van der Waals surface area contributed by atoms with Gasteiger partial charge in [-0.05, 0) is 12.1 Å². The Kier molecular flexibility index (Phi) is 4.35. The Morgan fingerprint density at radius 3 is 2.68 bits per heavy atom. The maximum absolute atomic E-state index is 11.3. The van der Waals surface area contributed by atoms with Gasteiger partial charge in [0, 0.05) is 45.8 Å². The average molecular weight is 321 g/mol. The number of rotatable bonds is 3. The van der Waals surface area contributed by atoms with Crippen LogP contribution >= 0.6 is 11.6 Å². The Morgan fingerprint density at radius 1 is 1.27 bits per heavy atom. The van der Waals surface area contributed by atoms with Crippen LogP contribution in [-0.2, 0) is 11.3 Å². The number of hydrogen-bond donors (Lipinski definition) is 0. The summed E-state index contributed by atoms with van der Waals surface area (Å²) in [6.07, 6.45) is 3.45. The van der Waals surface area contributed by atoms with Crippen LogP contribution in [0, 0.1) is 0 Å². The van der Waals surface area contributed by atoms with E-state index in [9.17, 15) is 4.79 Å². The van der Waals surface area contributed by atoms with E-state index in [1.165, 1.54) is 0 Å². The summed E-state index contributed by atoms with van der Waals surface area (Å²) in [5, 5.41) is 8.87. The first-order valence-electron chi connectivity index (χ1n) is 7.13. The van der Waals surface area contributed by atoms with Crippen LogP contribution in [0.3, 0.4) is 0 Å². The zero-order valence-corrected chi connectivity index (χ0v) is 13.1. The van der Waals surface area contributed by atoms with Crippen molar-refractivity contribution in [3.8, 4) is 5.82 Å². The van der Waals surface area contributed by atoms with E-state index in [0.717, 1.165) is 38.4 Å². The molecule has 22 heavy (non-hydrogen) atoms. The Balaban J connectivity index is 1.60. The van der Waals surface area contributed by atoms with Crippen molar-refractivity contribution in [2.75, 3.05) is 26.2 Å². The molecule has 0 aliphatic carbocycles. The molecule has 3 heterocycles. The molecule has 0 atom stereocenters. The number of amides is 1. The second-order valence-corrected chi connectivity index (χ2v) is 5.71. The average Bonchev–Trinajstić information content (AvgIpc) is 2.97. The molecular formula is C14H17ClN6O. The second kappa shape index (κ2) is 6.41. The summed E-state index contributed by atoms with van der Waals surface area (Å²) in [6.45, 7) is 5.57. The van der Waals surface area contributed by atoms with Gasteiger partial charge in [0.25, 0.3) is 0 Å². The van der Waals surface area contributed by atoms with Gasteiger partial charge in [0.15, 0.2) is 5.82 Å². The van der Waals surface area contributed by atoms with E-state index in [-0.39, 0.29) is 5.91 Å². The molecule has 8 heteroatoms. The Bertz CT molecular complexity index is 648. The van der Waals surface area contributed by atoms with Crippen molar-refractivity contribution in [3.63, 3.8) is 0 Å². The third-order valence-electron chi connectivity index (χ3n) is 3.69. The molecule has 1 aliphatic rings. The predicted molar refractivity (Wildman–Crippen MR) is 81.7 cm³/mol. The molecule has 0 unspecified atom stereocenters. The van der Waals surface area contributed by atoms with Gasteiger partial charge in [0.1, 0.15) is 0 Å². The summed E-state index contributed by atoms with van der Waals surface area (Å²) in [6, 6.07) is 3.57. The van der Waals surface area contributed by atoms with Crippen molar-refractivity contribution >= 4 is 17.5 Å². The van der Waals surface area contributed by atoms with Crippen LogP contribution < -0.4 is 0 Å². The highest BCUT2D eigenvalue weighted by atomic mass is 35.5. The number of hydrogen-bond acceptors (Lipinski definition) is 5. The molecule has 1 fully saturated rings. The van der Waals surface area contributed by atoms with Crippen molar-refractivity contribution in [2.45, 2.75) is 13.5 Å². The molecule has 2 aromatic rings. The van der Waals surface area contributed by atoms with Crippen LogP contribution in [-0.4, -0.2) is 61.9 Å². The summed E-state index contributed by atoms with van der Waals surface area (Å²) in [5.41, 5.74) is 0.882. The molecule has 1 amide bonds. The third-order valence-corrected chi connectivity index (χ3v) is 3.91. The Labute approximate surface area is 133 Å². The van der Waals surface area contributed by atoms with Crippen LogP contribution in [0.4, 0.5) is 0 Å². The topological polar surface area (TPSA) is 67.2 Å². The Hall–Kier alpha value is -1.99. The molecule has 0 saturated carbocycles. The molecule has 0 bridgehead atoms. The number of pyridine rings is 1. The lowest BCUT2D eigenvalue weighted by Crippen LogP contribution is -2.47. The first kappa shape index (κ1) is 14.9. The zero-order valence-electron chi connectivity index (χ0n) is 12.3. The summed E-state index contributed by atoms with van der Waals surface area (Å²) in [5.74, 6) is 0.823. The first-order valence-corrected chi connectivity index (χ1v) is 7.50. The number of carbonyl (C=O) groups excluding carboxylic acids is 1. The fourth-order valence-electron chi connectivity index (χ4n) is 2.44. The van der Waals surface area contributed by atoms with Crippen molar-refractivity contribution in [1.29, 1.82) is 0 Å². The number of halogens is 1. The Morgan fingerprint density at radius 2 is 2.05 bits per heavy atom. The lowest BCUT2D eigenvalue weighted by molar-refractivity contribution is -0.130. The first-order chi connectivity index (χ1) is 10.6. The van der Waals surface area contributed by atoms with E-state index in [1.807, 2.05) is 11.1 Å². The van der Waals surface area contributed by atoms with Gasteiger partial charge in [0.2, 0.25) is 5.91 Å². The fraction of sp³-hybridized carbons (Fsp3) is 0.429. The van der Waals surface area contributed by atoms with E-state index in [1.54, 1.807) is 29.9 Å². The molecule has 116 valence electrons. The van der Waals surface area contributed by atoms with E-state index < -0.39 is 0 Å². The highest BCUT2D eigenvalue weighted by molar-refractivity contribution is 6.30. The lowest BCUT2D eigenvalue weighted by Gasteiger charge is -2.33. The van der Waals surface area contributed by atoms with Crippen LogP contribution in [0.2, 0.25) is 5.02 Å². The van der Waals surface area contributed by atoms with E-state index >= 15 is 0 Å². The minimum Gasteiger partial charge on any atom is -0.340 e. The SMILES string of the molecule is CC(=O)N1CCN(Cc2cn(-c3ccc(Cl)cn3)nn2)CC1. The van der Waals surface area contributed by atoms with E-state index in [2.05, 4.69) is 20.2 Å². The molecular weight excluding hydrogens is 304 g/mol. The molecule has 3 rings (SSSR count). The standard InChI is InChI=1S/C14H17ClN6O/c1-11(22)20-6-4-19(5-7-20)9-13-10-21(18-17-13)14-3-2-12(15)8-16-14/h2-3,8,10H,4-7,9H2,1H3. The van der Waals surface area contributed by atoms with Crippen molar-refractivity contribution in [1.82, 2.24) is 29.8 Å². The van der Waals surface area contributed by atoms with Gasteiger partial charge < -0.3 is 4.90 Å². The third kappa shape index (κ3) is 3.42. The van der Waals surface area contributed by atoms with Crippen molar-refractivity contribution in [3.05, 3.63) is 35.2 Å². The molecule has 0 N–H and O–H groups in total. The number of carbonyl (C=O) groups is 1. The number of piperazine rings is 1. The molecule has 0 spiro atoms. The summed E-state index contributed by atoms with van der Waals surface area (Å²) in [4.78, 5) is 19.7. The fourth-order valence-corrected chi connectivity index (χ4v) is 2.55. The zero-order chi connectivity index (χ0) is 15.5. The van der Waals surface area contributed by atoms with Crippen LogP contribution in [0.5, 0.6) is 0 Å². The summed E-state index contributed by atoms with van der Waals surface area (Å²) in [7, 11) is 0. The maximum Gasteiger partial charge on any atom is 0.219 e. The van der Waals surface area contributed by atoms with Crippen LogP contribution in [0.25, 0.3) is 5.82 Å². The smallest absolute Gasteiger partial charge is 0.219 e. The minimum absolute atomic E-state index is 0.138. The normalized spacial score (nSPS) is 16.0. The molecule has 1 aliphatic heterocycles. The second-order valence-electron chi connectivity index (χ2n) is 5.27. The van der Waals surface area contributed by atoms with Gasteiger partial charge in [-0.2, -0.15) is 0 Å². The highest BCUT2D eigenvalue weighted by Gasteiger charge is 2.19. The molecule has 7 nitrogen and oxygen atoms in total. The summed E-state index contributed by atoms with van der Waals surface area (Å²) < 4.78 is 1.64. The minimum atomic E-state index is 0.138. The number of aromatic nitrogens is 4. The predicted octanol–water partition coefficient (Wildman–Crippen LogP) is 0.980. The van der Waals surface area contributed by atoms with Gasteiger partial charge >= 0.3 is 0 Å². The quantitative estimate of drug-likeness (QED) is 0.843. The van der Waals surface area contributed by atoms with Crippen molar-refractivity contribution in [2.24, 2.45) is 0 Å². The van der Waals surface area contributed by atoms with Gasteiger partial charge in [-0.25, -0.2) is 9.67 Å². The van der Waals surface area contributed by atoms with E-state index in [0.29, 0.717) is 10.8 Å². The number of nitrogens with zero attached hydrogens (tertiary/aromatic N) is 6. The largest absolute Gasteiger partial charge is 0.340 e.